The Kier molecular flexibility index (Phi) is 3.55. The maximum atomic E-state index is 8.96. The molecule has 108 valence electrons. The molecule has 3 heteroatoms. The summed E-state index contributed by atoms with van der Waals surface area (Å²) in [6.07, 6.45) is 3.54. The van der Waals surface area contributed by atoms with Crippen LogP contribution < -0.4 is 0 Å². The van der Waals surface area contributed by atoms with Gasteiger partial charge in [0.2, 0.25) is 0 Å². The van der Waals surface area contributed by atoms with Crippen molar-refractivity contribution < 1.29 is 0 Å². The zero-order chi connectivity index (χ0) is 15.0. The van der Waals surface area contributed by atoms with Crippen LogP contribution in [0.25, 0.3) is 5.69 Å². The summed E-state index contributed by atoms with van der Waals surface area (Å²) >= 11 is 0. The van der Waals surface area contributed by atoms with E-state index in [0.29, 0.717) is 17.4 Å². The summed E-state index contributed by atoms with van der Waals surface area (Å²) in [5.41, 5.74) is 4.45. The van der Waals surface area contributed by atoms with Gasteiger partial charge in [-0.05, 0) is 43.5 Å². The summed E-state index contributed by atoms with van der Waals surface area (Å²) < 4.78 is 2.31. The first-order valence-electron chi connectivity index (χ1n) is 7.77. The summed E-state index contributed by atoms with van der Waals surface area (Å²) in [5, 5.41) is 8.96. The van der Waals surface area contributed by atoms with Crippen molar-refractivity contribution >= 4 is 0 Å². The van der Waals surface area contributed by atoms with Crippen molar-refractivity contribution in [2.24, 2.45) is 0 Å². The number of nitrogens with zero attached hydrogens (tertiary/aromatic N) is 3. The fraction of sp³-hybridized carbons (Fsp3) is 0.444. The lowest BCUT2D eigenvalue weighted by atomic mass is 10.1. The van der Waals surface area contributed by atoms with Crippen molar-refractivity contribution in [3.8, 4) is 11.8 Å². The summed E-state index contributed by atoms with van der Waals surface area (Å²) in [6.45, 7) is 6.59. The monoisotopic (exact) mass is 279 g/mol. The molecule has 1 heterocycles. The number of rotatable bonds is 4. The third-order valence-electron chi connectivity index (χ3n) is 4.10. The van der Waals surface area contributed by atoms with Crippen LogP contribution in [0.2, 0.25) is 0 Å². The lowest BCUT2D eigenvalue weighted by Crippen LogP contribution is -2.06. The van der Waals surface area contributed by atoms with Crippen LogP contribution in [0.4, 0.5) is 0 Å². The maximum absolute atomic E-state index is 8.96. The van der Waals surface area contributed by atoms with Gasteiger partial charge in [-0.2, -0.15) is 5.26 Å². The number of imidazole rings is 1. The third kappa shape index (κ3) is 2.47. The maximum Gasteiger partial charge on any atom is 0.116 e. The summed E-state index contributed by atoms with van der Waals surface area (Å²) in [6, 6.07) is 10.0. The number of nitriles is 1. The number of hydrogen-bond acceptors (Lipinski definition) is 2. The van der Waals surface area contributed by atoms with E-state index in [2.05, 4.69) is 31.4 Å². The Bertz CT molecular complexity index is 682. The largest absolute Gasteiger partial charge is 0.300 e. The Morgan fingerprint density at radius 3 is 2.43 bits per heavy atom. The Hall–Kier alpha value is -2.08. The molecule has 0 unspecified atom stereocenters. The molecule has 0 amide bonds. The first-order chi connectivity index (χ1) is 10.2. The highest BCUT2D eigenvalue weighted by Gasteiger charge is 2.31. The van der Waals surface area contributed by atoms with E-state index in [1.807, 2.05) is 24.3 Å². The molecule has 0 spiro atoms. The molecule has 2 aromatic rings. The molecule has 0 N–H and O–H groups in total. The molecule has 0 radical (unpaired) electrons. The van der Waals surface area contributed by atoms with Gasteiger partial charge in [0.1, 0.15) is 5.82 Å². The lowest BCUT2D eigenvalue weighted by Gasteiger charge is -2.13. The second-order valence-electron chi connectivity index (χ2n) is 6.08. The van der Waals surface area contributed by atoms with E-state index in [-0.39, 0.29) is 0 Å². The molecular weight excluding hydrogens is 258 g/mol. The van der Waals surface area contributed by atoms with Crippen LogP contribution in [-0.2, 0) is 6.42 Å². The fourth-order valence-corrected chi connectivity index (χ4v) is 2.87. The lowest BCUT2D eigenvalue weighted by molar-refractivity contribution is 0.738. The van der Waals surface area contributed by atoms with Gasteiger partial charge in [-0.25, -0.2) is 4.98 Å². The molecule has 0 aliphatic heterocycles. The van der Waals surface area contributed by atoms with Crippen LogP contribution in [0.3, 0.4) is 0 Å². The van der Waals surface area contributed by atoms with Crippen molar-refractivity contribution in [2.45, 2.75) is 51.9 Å². The SMILES string of the molecule is CCc1c(C2CC2)nc(C(C)C)n1-c1ccc(C#N)cc1. The molecule has 0 atom stereocenters. The second kappa shape index (κ2) is 5.37. The molecule has 3 rings (SSSR count). The molecule has 3 nitrogen and oxygen atoms in total. The van der Waals surface area contributed by atoms with Gasteiger partial charge in [-0.3, -0.25) is 0 Å². The zero-order valence-electron chi connectivity index (χ0n) is 12.9. The zero-order valence-corrected chi connectivity index (χ0v) is 12.9. The van der Waals surface area contributed by atoms with Crippen molar-refractivity contribution in [3.05, 3.63) is 47.0 Å². The number of hydrogen-bond donors (Lipinski definition) is 0. The molecule has 1 aliphatic carbocycles. The van der Waals surface area contributed by atoms with Gasteiger partial charge in [0.25, 0.3) is 0 Å². The highest BCUT2D eigenvalue weighted by Crippen LogP contribution is 2.42. The van der Waals surface area contributed by atoms with Gasteiger partial charge >= 0.3 is 0 Å². The summed E-state index contributed by atoms with van der Waals surface area (Å²) in [5.74, 6) is 2.19. The predicted molar refractivity (Wildman–Crippen MR) is 83.7 cm³/mol. The van der Waals surface area contributed by atoms with E-state index in [1.54, 1.807) is 0 Å². The minimum atomic E-state index is 0.387. The van der Waals surface area contributed by atoms with E-state index in [9.17, 15) is 0 Å². The average molecular weight is 279 g/mol. The molecule has 0 bridgehead atoms. The van der Waals surface area contributed by atoms with E-state index in [1.165, 1.54) is 24.2 Å². The highest BCUT2D eigenvalue weighted by molar-refractivity contribution is 5.44. The van der Waals surface area contributed by atoms with Crippen LogP contribution in [0.15, 0.2) is 24.3 Å². The fourth-order valence-electron chi connectivity index (χ4n) is 2.87. The summed E-state index contributed by atoms with van der Waals surface area (Å²) in [4.78, 5) is 4.96. The number of aromatic nitrogens is 2. The van der Waals surface area contributed by atoms with Gasteiger partial charge in [-0.15, -0.1) is 0 Å². The minimum Gasteiger partial charge on any atom is -0.300 e. The standard InChI is InChI=1S/C18H21N3/c1-4-16-17(14-7-8-14)20-18(12(2)3)21(16)15-9-5-13(11-19)6-10-15/h5-6,9-10,12,14H,4,7-8H2,1-3H3. The van der Waals surface area contributed by atoms with Crippen LogP contribution in [0.5, 0.6) is 0 Å². The van der Waals surface area contributed by atoms with Gasteiger partial charge in [0, 0.05) is 23.2 Å². The average Bonchev–Trinajstić information content (AvgIpc) is 3.27. The predicted octanol–water partition coefficient (Wildman–Crippen LogP) is 4.31. The van der Waals surface area contributed by atoms with E-state index >= 15 is 0 Å². The van der Waals surface area contributed by atoms with Gasteiger partial charge in [0.15, 0.2) is 0 Å². The Morgan fingerprint density at radius 2 is 1.95 bits per heavy atom. The highest BCUT2D eigenvalue weighted by atomic mass is 15.1. The van der Waals surface area contributed by atoms with Crippen LogP contribution >= 0.6 is 0 Å². The molecule has 21 heavy (non-hydrogen) atoms. The van der Waals surface area contributed by atoms with Crippen molar-refractivity contribution in [3.63, 3.8) is 0 Å². The smallest absolute Gasteiger partial charge is 0.116 e. The Balaban J connectivity index is 2.16. The van der Waals surface area contributed by atoms with Crippen molar-refractivity contribution in [2.75, 3.05) is 0 Å². The Morgan fingerprint density at radius 1 is 1.29 bits per heavy atom. The second-order valence-corrected chi connectivity index (χ2v) is 6.08. The van der Waals surface area contributed by atoms with Crippen LogP contribution in [0.1, 0.15) is 68.2 Å². The molecule has 1 saturated carbocycles. The molecule has 1 aliphatic rings. The van der Waals surface area contributed by atoms with E-state index < -0.39 is 0 Å². The summed E-state index contributed by atoms with van der Waals surface area (Å²) in [7, 11) is 0. The molecule has 1 aromatic heterocycles. The quantitative estimate of drug-likeness (QED) is 0.837. The first-order valence-corrected chi connectivity index (χ1v) is 7.77. The Labute approximate surface area is 126 Å². The van der Waals surface area contributed by atoms with Gasteiger partial charge in [-0.1, -0.05) is 20.8 Å². The number of benzene rings is 1. The van der Waals surface area contributed by atoms with Gasteiger partial charge in [0.05, 0.1) is 17.3 Å². The molecule has 1 fully saturated rings. The molecule has 0 saturated heterocycles. The first kappa shape index (κ1) is 13.9. The minimum absolute atomic E-state index is 0.387. The topological polar surface area (TPSA) is 41.6 Å². The normalized spacial score (nSPS) is 14.4. The van der Waals surface area contributed by atoms with E-state index in [0.717, 1.165) is 17.9 Å². The third-order valence-corrected chi connectivity index (χ3v) is 4.10. The molecular formula is C18H21N3. The van der Waals surface area contributed by atoms with Crippen LogP contribution in [0, 0.1) is 11.3 Å². The van der Waals surface area contributed by atoms with Gasteiger partial charge < -0.3 is 4.57 Å². The van der Waals surface area contributed by atoms with Crippen molar-refractivity contribution in [1.29, 1.82) is 5.26 Å². The van der Waals surface area contributed by atoms with Crippen molar-refractivity contribution in [1.82, 2.24) is 9.55 Å². The van der Waals surface area contributed by atoms with E-state index in [4.69, 9.17) is 10.2 Å². The molecule has 1 aromatic carbocycles. The van der Waals surface area contributed by atoms with Crippen LogP contribution in [-0.4, -0.2) is 9.55 Å².